The first-order valence-electron chi connectivity index (χ1n) is 18.8. The molecule has 12 rings (SSSR count). The molecule has 0 unspecified atom stereocenters. The van der Waals surface area contributed by atoms with Crippen LogP contribution in [0.2, 0.25) is 0 Å². The highest BCUT2D eigenvalue weighted by molar-refractivity contribution is 7.99. The van der Waals surface area contributed by atoms with E-state index in [1.165, 1.54) is 101 Å². The molecule has 2 aliphatic heterocycles. The number of hydrogen-bond acceptors (Lipinski definition) is 3. The van der Waals surface area contributed by atoms with Gasteiger partial charge in [0.15, 0.2) is 0 Å². The molecule has 55 heavy (non-hydrogen) atoms. The lowest BCUT2D eigenvalue weighted by Gasteiger charge is -2.46. The van der Waals surface area contributed by atoms with Gasteiger partial charge < -0.3 is 4.90 Å². The van der Waals surface area contributed by atoms with E-state index >= 15 is 0 Å². The molecule has 0 bridgehead atoms. The van der Waals surface area contributed by atoms with Gasteiger partial charge in [-0.1, -0.05) is 163 Å². The van der Waals surface area contributed by atoms with E-state index in [0.29, 0.717) is 9.52 Å². The van der Waals surface area contributed by atoms with Crippen LogP contribution in [0, 0.1) is 0 Å². The minimum atomic E-state index is -0.455. The van der Waals surface area contributed by atoms with Gasteiger partial charge >= 0.3 is 0 Å². The Hall–Kier alpha value is -5.91. The lowest BCUT2D eigenvalue weighted by Crippen LogP contribution is -2.51. The molecule has 0 N–H and O–H groups in total. The fourth-order valence-electron chi connectivity index (χ4n) is 9.40. The maximum absolute atomic E-state index is 2.58. The van der Waals surface area contributed by atoms with Gasteiger partial charge in [0.1, 0.15) is 9.52 Å². The predicted molar refractivity (Wildman–Crippen MR) is 236 cm³/mol. The highest BCUT2D eigenvalue weighted by atomic mass is 32.2. The molecule has 0 saturated carbocycles. The number of fused-ring (bicyclic) bond motifs is 14. The van der Waals surface area contributed by atoms with Gasteiger partial charge in [0, 0.05) is 36.6 Å². The van der Waals surface area contributed by atoms with Crippen molar-refractivity contribution in [3.05, 3.63) is 210 Å². The van der Waals surface area contributed by atoms with Crippen LogP contribution >= 0.6 is 23.1 Å². The van der Waals surface area contributed by atoms with Crippen molar-refractivity contribution in [1.29, 1.82) is 0 Å². The van der Waals surface area contributed by atoms with Crippen LogP contribution in [0.15, 0.2) is 198 Å². The Bertz CT molecular complexity index is 3130. The average Bonchev–Trinajstić information content (AvgIpc) is 3.63. The summed E-state index contributed by atoms with van der Waals surface area (Å²) < 4.78 is 2.62. The first-order chi connectivity index (χ1) is 27.3. The average molecular weight is 750 g/mol. The van der Waals surface area contributed by atoms with Crippen molar-refractivity contribution in [3.63, 3.8) is 0 Å². The number of benzene rings is 9. The van der Waals surface area contributed by atoms with Crippen LogP contribution in [0.4, 0.5) is 17.1 Å². The van der Waals surface area contributed by atoms with Crippen molar-refractivity contribution in [2.75, 3.05) is 4.90 Å². The Labute approximate surface area is 330 Å². The predicted octanol–water partition coefficient (Wildman–Crippen LogP) is 12.6. The summed E-state index contributed by atoms with van der Waals surface area (Å²) in [5, 5.41) is 10.5. The van der Waals surface area contributed by atoms with Crippen molar-refractivity contribution in [2.45, 2.75) is 15.2 Å². The number of anilines is 3. The highest BCUT2D eigenvalue weighted by Gasteiger charge is 2.49. The zero-order chi connectivity index (χ0) is 36.1. The molecule has 1 aromatic heterocycles. The number of rotatable bonds is 3. The Balaban J connectivity index is 1.19. The molecule has 1 spiro atoms. The van der Waals surface area contributed by atoms with Crippen LogP contribution in [-0.4, -0.2) is 9.52 Å². The number of nitrogens with zero attached hydrogens (tertiary/aromatic N) is 1. The highest BCUT2D eigenvalue weighted by Crippen LogP contribution is 2.56. The van der Waals surface area contributed by atoms with E-state index in [1.54, 1.807) is 0 Å². The molecule has 0 fully saturated rings. The zero-order valence-electron chi connectivity index (χ0n) is 29.7. The topological polar surface area (TPSA) is 3.24 Å². The van der Waals surface area contributed by atoms with Gasteiger partial charge in [-0.15, -0.1) is 11.3 Å². The van der Waals surface area contributed by atoms with E-state index in [9.17, 15) is 0 Å². The third-order valence-electron chi connectivity index (χ3n) is 11.7. The molecule has 0 amide bonds. The maximum atomic E-state index is 2.58. The van der Waals surface area contributed by atoms with Gasteiger partial charge in [-0.3, -0.25) is 0 Å². The van der Waals surface area contributed by atoms with Gasteiger partial charge in [-0.2, -0.15) is 0 Å². The van der Waals surface area contributed by atoms with E-state index in [4.69, 9.17) is 0 Å². The lowest BCUT2D eigenvalue weighted by molar-refractivity contribution is 0.708. The quantitative estimate of drug-likeness (QED) is 0.131. The molecule has 2 radical (unpaired) electrons. The summed E-state index contributed by atoms with van der Waals surface area (Å²) in [5.41, 5.74) is 8.67. The van der Waals surface area contributed by atoms with Crippen molar-refractivity contribution < 1.29 is 0 Å². The van der Waals surface area contributed by atoms with Crippen LogP contribution in [0.5, 0.6) is 0 Å². The molecule has 0 aliphatic carbocycles. The first-order valence-corrected chi connectivity index (χ1v) is 21.4. The van der Waals surface area contributed by atoms with Gasteiger partial charge in [0.05, 0.1) is 15.8 Å². The lowest BCUT2D eigenvalue weighted by atomic mass is 9.64. The van der Waals surface area contributed by atoms with Crippen molar-refractivity contribution in [1.82, 2.24) is 0 Å². The third-order valence-corrected chi connectivity index (χ3v) is 15.5. The second-order valence-corrected chi connectivity index (χ2v) is 17.9. The molecular formula is C51H31NS2Si. The molecule has 2 aliphatic rings. The van der Waals surface area contributed by atoms with Gasteiger partial charge in [0.2, 0.25) is 0 Å². The zero-order valence-corrected chi connectivity index (χ0v) is 32.3. The van der Waals surface area contributed by atoms with Crippen LogP contribution in [0.1, 0.15) is 22.3 Å². The van der Waals surface area contributed by atoms with Crippen molar-refractivity contribution in [2.24, 2.45) is 0 Å². The molecule has 0 saturated heterocycles. The summed E-state index contributed by atoms with van der Waals surface area (Å²) in [6.07, 6.45) is 0. The Morgan fingerprint density at radius 1 is 0.436 bits per heavy atom. The Morgan fingerprint density at radius 2 is 1.05 bits per heavy atom. The minimum Gasteiger partial charge on any atom is -0.309 e. The first kappa shape index (κ1) is 31.4. The van der Waals surface area contributed by atoms with Crippen LogP contribution < -0.4 is 15.3 Å². The second kappa shape index (κ2) is 12.0. The van der Waals surface area contributed by atoms with E-state index in [-0.39, 0.29) is 0 Å². The monoisotopic (exact) mass is 749 g/mol. The van der Waals surface area contributed by atoms with Gasteiger partial charge in [-0.05, 0) is 91.4 Å². The van der Waals surface area contributed by atoms with Crippen molar-refractivity contribution >= 4 is 102 Å². The Kier molecular flexibility index (Phi) is 6.88. The molecular weight excluding hydrogens is 719 g/mol. The van der Waals surface area contributed by atoms with Crippen LogP contribution in [-0.2, 0) is 5.41 Å². The molecule has 10 aromatic rings. The van der Waals surface area contributed by atoms with E-state index in [1.807, 2.05) is 23.1 Å². The van der Waals surface area contributed by atoms with Crippen molar-refractivity contribution in [3.8, 4) is 0 Å². The summed E-state index contributed by atoms with van der Waals surface area (Å²) in [4.78, 5) is 5.23. The maximum Gasteiger partial charge on any atom is 0.125 e. The molecule has 9 aromatic carbocycles. The molecule has 0 atom stereocenters. The standard InChI is InChI=1S/C51H31NS2Si/c1-2-14-35-32(13-1)27-28-33-31-34(29-30-36(33)35)52(43-21-11-16-38-37-15-3-7-23-45(37)54-49(38)43)44-22-12-20-42-50(44)55-48-26-10-6-19-41(48)51(42)39-17-4-8-24-46(39)53-47-25-9-5-18-40(47)51/h1-31H. The second-order valence-electron chi connectivity index (χ2n) is 14.5. The van der Waals surface area contributed by atoms with Gasteiger partial charge in [0.25, 0.3) is 0 Å². The summed E-state index contributed by atoms with van der Waals surface area (Å²) in [6.45, 7) is 0. The van der Waals surface area contributed by atoms with Crippen LogP contribution in [0.25, 0.3) is 41.7 Å². The minimum absolute atomic E-state index is 0.455. The molecule has 3 heterocycles. The summed E-state index contributed by atoms with van der Waals surface area (Å²) in [7, 11) is 0.489. The fraction of sp³-hybridized carbons (Fsp3) is 0.0196. The fourth-order valence-corrected chi connectivity index (χ4v) is 13.4. The number of thiophene rings is 1. The molecule has 1 nitrogen and oxygen atoms in total. The summed E-state index contributed by atoms with van der Waals surface area (Å²) >= 11 is 3.80. The van der Waals surface area contributed by atoms with E-state index < -0.39 is 5.41 Å². The van der Waals surface area contributed by atoms with E-state index in [2.05, 4.69) is 193 Å². The molecule has 256 valence electrons. The smallest absolute Gasteiger partial charge is 0.125 e. The largest absolute Gasteiger partial charge is 0.309 e. The summed E-state index contributed by atoms with van der Waals surface area (Å²) in [5.74, 6) is 0. The summed E-state index contributed by atoms with van der Waals surface area (Å²) in [6, 6.07) is 70.7. The molecule has 4 heteroatoms. The third kappa shape index (κ3) is 4.47. The van der Waals surface area contributed by atoms with Crippen LogP contribution in [0.3, 0.4) is 0 Å². The van der Waals surface area contributed by atoms with E-state index in [0.717, 1.165) is 0 Å². The SMILES string of the molecule is c1ccc2c(c1)[Si]c1c(N(c3ccc4c(ccc5ccccc54)c3)c3cccc4c3sc3ccccc34)cccc1C21c2ccccc2Sc2ccccc21. The Morgan fingerprint density at radius 3 is 1.91 bits per heavy atom. The van der Waals surface area contributed by atoms with Gasteiger partial charge in [-0.25, -0.2) is 0 Å². The normalized spacial score (nSPS) is 13.8. The number of hydrogen-bond donors (Lipinski definition) is 0.